The van der Waals surface area contributed by atoms with E-state index in [9.17, 15) is 4.79 Å². The predicted octanol–water partition coefficient (Wildman–Crippen LogP) is 1.50. The fourth-order valence-corrected chi connectivity index (χ4v) is 3.38. The minimum Gasteiger partial charge on any atom is -0.329 e. The van der Waals surface area contributed by atoms with Crippen molar-refractivity contribution in [1.82, 2.24) is 9.80 Å². The highest BCUT2D eigenvalue weighted by Crippen LogP contribution is 2.24. The molecule has 0 aromatic heterocycles. The first-order valence-corrected chi connectivity index (χ1v) is 7.86. The van der Waals surface area contributed by atoms with Crippen LogP contribution in [0.2, 0.25) is 0 Å². The zero-order chi connectivity index (χ0) is 14.7. The zero-order valence-corrected chi connectivity index (χ0v) is 12.4. The monoisotopic (exact) mass is 288 g/mol. The molecule has 1 aromatic carbocycles. The lowest BCUT2D eigenvalue weighted by Crippen LogP contribution is -2.49. The Hall–Kier alpha value is -1.59. The molecule has 0 bridgehead atoms. The van der Waals surface area contributed by atoms with Gasteiger partial charge in [0.15, 0.2) is 0 Å². The summed E-state index contributed by atoms with van der Waals surface area (Å²) >= 11 is 0. The molecule has 3 rings (SSSR count). The molecule has 2 amide bonds. The minimum atomic E-state index is 0.0530. The first kappa shape index (κ1) is 14.4. The number of fused-ring (bicyclic) bond motifs is 1. The zero-order valence-electron chi connectivity index (χ0n) is 12.4. The van der Waals surface area contributed by atoms with E-state index in [4.69, 9.17) is 5.73 Å². The maximum absolute atomic E-state index is 12.5. The van der Waals surface area contributed by atoms with E-state index < -0.39 is 0 Å². The number of benzene rings is 1. The van der Waals surface area contributed by atoms with Gasteiger partial charge < -0.3 is 20.9 Å². The van der Waals surface area contributed by atoms with Gasteiger partial charge in [0.25, 0.3) is 0 Å². The summed E-state index contributed by atoms with van der Waals surface area (Å²) in [6, 6.07) is 8.50. The molecule has 0 aliphatic carbocycles. The van der Waals surface area contributed by atoms with Crippen LogP contribution in [0.4, 0.5) is 10.5 Å². The van der Waals surface area contributed by atoms with Gasteiger partial charge >= 0.3 is 6.03 Å². The van der Waals surface area contributed by atoms with Crippen LogP contribution in [-0.4, -0.2) is 54.6 Å². The van der Waals surface area contributed by atoms with Crippen LogP contribution >= 0.6 is 0 Å². The molecule has 1 aromatic rings. The lowest BCUT2D eigenvalue weighted by atomic mass is 10.0. The van der Waals surface area contributed by atoms with Crippen LogP contribution in [0.15, 0.2) is 24.3 Å². The molecule has 3 N–H and O–H groups in total. The topological polar surface area (TPSA) is 61.6 Å². The molecule has 5 heteroatoms. The number of urea groups is 1. The number of likely N-dealkylation sites (tertiary alicyclic amines) is 1. The van der Waals surface area contributed by atoms with Crippen LogP contribution in [0, 0.1) is 0 Å². The molecule has 5 nitrogen and oxygen atoms in total. The molecule has 0 atom stereocenters. The summed E-state index contributed by atoms with van der Waals surface area (Å²) in [4.78, 5) is 16.9. The molecule has 0 spiro atoms. The Morgan fingerprint density at radius 1 is 1.19 bits per heavy atom. The van der Waals surface area contributed by atoms with E-state index in [0.717, 1.165) is 51.1 Å². The SMILES string of the molecule is NCCN1CCC(N2CCc3ccccc3NC2=O)CC1. The van der Waals surface area contributed by atoms with E-state index in [2.05, 4.69) is 16.3 Å². The molecule has 2 heterocycles. The third-order valence-corrected chi connectivity index (χ3v) is 4.59. The van der Waals surface area contributed by atoms with Crippen molar-refractivity contribution in [2.45, 2.75) is 25.3 Å². The van der Waals surface area contributed by atoms with Crippen LogP contribution in [-0.2, 0) is 6.42 Å². The highest BCUT2D eigenvalue weighted by Gasteiger charge is 2.29. The second kappa shape index (κ2) is 6.45. The maximum Gasteiger partial charge on any atom is 0.322 e. The molecule has 1 fully saturated rings. The quantitative estimate of drug-likeness (QED) is 0.886. The Morgan fingerprint density at radius 2 is 1.95 bits per heavy atom. The van der Waals surface area contributed by atoms with Crippen LogP contribution in [0.1, 0.15) is 18.4 Å². The van der Waals surface area contributed by atoms with Crippen LogP contribution in [0.5, 0.6) is 0 Å². The van der Waals surface area contributed by atoms with Gasteiger partial charge in [0.2, 0.25) is 0 Å². The number of hydrogen-bond donors (Lipinski definition) is 2. The Kier molecular flexibility index (Phi) is 4.41. The molecule has 2 aliphatic heterocycles. The molecule has 2 aliphatic rings. The average molecular weight is 288 g/mol. The van der Waals surface area contributed by atoms with Gasteiger partial charge in [-0.05, 0) is 30.9 Å². The van der Waals surface area contributed by atoms with Crippen molar-refractivity contribution in [3.05, 3.63) is 29.8 Å². The van der Waals surface area contributed by atoms with Crippen molar-refractivity contribution in [2.24, 2.45) is 5.73 Å². The van der Waals surface area contributed by atoms with E-state index in [1.54, 1.807) is 0 Å². The number of para-hydroxylation sites is 1. The van der Waals surface area contributed by atoms with Gasteiger partial charge in [0.1, 0.15) is 0 Å². The number of nitrogens with one attached hydrogen (secondary N) is 1. The lowest BCUT2D eigenvalue weighted by Gasteiger charge is -2.37. The summed E-state index contributed by atoms with van der Waals surface area (Å²) in [5.41, 5.74) is 7.81. The molecule has 0 saturated carbocycles. The van der Waals surface area contributed by atoms with E-state index in [1.807, 2.05) is 23.1 Å². The van der Waals surface area contributed by atoms with Crippen molar-refractivity contribution in [1.29, 1.82) is 0 Å². The smallest absolute Gasteiger partial charge is 0.322 e. The minimum absolute atomic E-state index is 0.0530. The van der Waals surface area contributed by atoms with Crippen molar-refractivity contribution < 1.29 is 4.79 Å². The summed E-state index contributed by atoms with van der Waals surface area (Å²) < 4.78 is 0. The summed E-state index contributed by atoms with van der Waals surface area (Å²) in [7, 11) is 0. The van der Waals surface area contributed by atoms with Gasteiger partial charge in [0, 0.05) is 44.5 Å². The fraction of sp³-hybridized carbons (Fsp3) is 0.562. The summed E-state index contributed by atoms with van der Waals surface area (Å²) in [6.45, 7) is 4.57. The maximum atomic E-state index is 12.5. The van der Waals surface area contributed by atoms with Crippen molar-refractivity contribution >= 4 is 11.7 Å². The van der Waals surface area contributed by atoms with Crippen LogP contribution in [0.25, 0.3) is 0 Å². The van der Waals surface area contributed by atoms with E-state index >= 15 is 0 Å². The van der Waals surface area contributed by atoms with Crippen LogP contribution < -0.4 is 11.1 Å². The highest BCUT2D eigenvalue weighted by molar-refractivity contribution is 5.91. The van der Waals surface area contributed by atoms with E-state index in [0.29, 0.717) is 12.6 Å². The second-order valence-corrected chi connectivity index (χ2v) is 5.89. The first-order valence-electron chi connectivity index (χ1n) is 7.86. The number of nitrogens with two attached hydrogens (primary N) is 1. The third-order valence-electron chi connectivity index (χ3n) is 4.59. The van der Waals surface area contributed by atoms with Crippen molar-refractivity contribution in [2.75, 3.05) is 38.0 Å². The number of piperidine rings is 1. The van der Waals surface area contributed by atoms with Gasteiger partial charge in [-0.2, -0.15) is 0 Å². The van der Waals surface area contributed by atoms with E-state index in [1.165, 1.54) is 5.56 Å². The molecule has 0 unspecified atom stereocenters. The Balaban J connectivity index is 1.64. The van der Waals surface area contributed by atoms with Gasteiger partial charge in [-0.15, -0.1) is 0 Å². The standard InChI is InChI=1S/C16H24N4O/c17-8-12-19-9-6-14(7-10-19)20-11-5-13-3-1-2-4-15(13)18-16(20)21/h1-4,14H,5-12,17H2,(H,18,21). The van der Waals surface area contributed by atoms with Gasteiger partial charge in [0.05, 0.1) is 0 Å². The van der Waals surface area contributed by atoms with E-state index in [-0.39, 0.29) is 6.03 Å². The molecular formula is C16H24N4O. The third kappa shape index (κ3) is 3.19. The van der Waals surface area contributed by atoms with Gasteiger partial charge in [-0.1, -0.05) is 18.2 Å². The second-order valence-electron chi connectivity index (χ2n) is 5.89. The summed E-state index contributed by atoms with van der Waals surface area (Å²) in [5.74, 6) is 0. The Morgan fingerprint density at radius 3 is 2.71 bits per heavy atom. The van der Waals surface area contributed by atoms with Gasteiger partial charge in [-0.3, -0.25) is 0 Å². The fourth-order valence-electron chi connectivity index (χ4n) is 3.38. The normalized spacial score (nSPS) is 20.8. The molecule has 21 heavy (non-hydrogen) atoms. The number of carbonyl (C=O) groups is 1. The molecular weight excluding hydrogens is 264 g/mol. The van der Waals surface area contributed by atoms with Gasteiger partial charge in [-0.25, -0.2) is 4.79 Å². The van der Waals surface area contributed by atoms with Crippen LogP contribution in [0.3, 0.4) is 0 Å². The number of anilines is 1. The van der Waals surface area contributed by atoms with Crippen molar-refractivity contribution in [3.63, 3.8) is 0 Å². The largest absolute Gasteiger partial charge is 0.329 e. The molecule has 1 saturated heterocycles. The molecule has 0 radical (unpaired) electrons. The Bertz CT molecular complexity index is 497. The van der Waals surface area contributed by atoms with Crippen molar-refractivity contribution in [3.8, 4) is 0 Å². The number of nitrogens with zero attached hydrogens (tertiary/aromatic N) is 2. The lowest BCUT2D eigenvalue weighted by molar-refractivity contribution is 0.130. The number of amides is 2. The number of rotatable bonds is 3. The number of carbonyl (C=O) groups excluding carboxylic acids is 1. The first-order chi connectivity index (χ1) is 10.3. The predicted molar refractivity (Wildman–Crippen MR) is 84.4 cm³/mol. The summed E-state index contributed by atoms with van der Waals surface area (Å²) in [5, 5.41) is 3.06. The highest BCUT2D eigenvalue weighted by atomic mass is 16.2. The molecule has 114 valence electrons. The number of hydrogen-bond acceptors (Lipinski definition) is 3. The average Bonchev–Trinajstić information content (AvgIpc) is 2.67. The Labute approximate surface area is 126 Å². The summed E-state index contributed by atoms with van der Waals surface area (Å²) in [6.07, 6.45) is 3.02.